The highest BCUT2D eigenvalue weighted by atomic mass is 32.1. The van der Waals surface area contributed by atoms with Crippen LogP contribution < -0.4 is 4.90 Å². The van der Waals surface area contributed by atoms with E-state index in [1.165, 1.54) is 0 Å². The lowest BCUT2D eigenvalue weighted by Crippen LogP contribution is -2.55. The first-order chi connectivity index (χ1) is 7.86. The highest BCUT2D eigenvalue weighted by Gasteiger charge is 2.44. The predicted octanol–water partition coefficient (Wildman–Crippen LogP) is 1.62. The molecule has 1 atom stereocenters. The smallest absolute Gasteiger partial charge is 0.185 e. The van der Waals surface area contributed by atoms with Crippen LogP contribution in [-0.4, -0.2) is 33.9 Å². The number of anilines is 1. The third-order valence-electron chi connectivity index (χ3n) is 3.88. The summed E-state index contributed by atoms with van der Waals surface area (Å²) in [5, 5.41) is 22.2. The van der Waals surface area contributed by atoms with Gasteiger partial charge in [0.15, 0.2) is 5.13 Å². The third-order valence-corrected chi connectivity index (χ3v) is 4.84. The molecule has 5 heteroatoms. The van der Waals surface area contributed by atoms with E-state index in [4.69, 9.17) is 5.11 Å². The van der Waals surface area contributed by atoms with Crippen molar-refractivity contribution in [3.8, 4) is 0 Å². The second-order valence-electron chi connectivity index (χ2n) is 5.61. The summed E-state index contributed by atoms with van der Waals surface area (Å²) in [6, 6.07) is 0. The fourth-order valence-electron chi connectivity index (χ4n) is 2.09. The maximum atomic E-state index is 10.3. The Hall–Kier alpha value is -0.650. The summed E-state index contributed by atoms with van der Waals surface area (Å²) in [5.41, 5.74) is -0.0585. The van der Waals surface area contributed by atoms with E-state index < -0.39 is 5.60 Å². The van der Waals surface area contributed by atoms with Crippen LogP contribution in [-0.2, 0) is 6.61 Å². The molecule has 2 N–H and O–H groups in total. The summed E-state index contributed by atoms with van der Waals surface area (Å²) >= 11 is 1.55. The van der Waals surface area contributed by atoms with E-state index in [9.17, 15) is 5.11 Å². The molecule has 1 fully saturated rings. The highest BCUT2D eigenvalue weighted by molar-refractivity contribution is 7.13. The molecule has 0 spiro atoms. The zero-order valence-corrected chi connectivity index (χ0v) is 11.4. The van der Waals surface area contributed by atoms with Crippen LogP contribution in [0.2, 0.25) is 0 Å². The molecule has 2 heterocycles. The molecular weight excluding hydrogens is 236 g/mol. The molecule has 17 heavy (non-hydrogen) atoms. The van der Waals surface area contributed by atoms with Gasteiger partial charge in [-0.15, -0.1) is 11.3 Å². The van der Waals surface area contributed by atoms with Crippen LogP contribution in [0.25, 0.3) is 0 Å². The molecule has 0 radical (unpaired) electrons. The molecule has 1 aliphatic rings. The summed E-state index contributed by atoms with van der Waals surface area (Å²) in [6.07, 6.45) is 0.744. The lowest BCUT2D eigenvalue weighted by molar-refractivity contribution is -0.0649. The van der Waals surface area contributed by atoms with E-state index >= 15 is 0 Å². The summed E-state index contributed by atoms with van der Waals surface area (Å²) < 4.78 is 0. The molecule has 0 amide bonds. The number of aliphatic hydroxyl groups excluding tert-OH is 1. The van der Waals surface area contributed by atoms with Gasteiger partial charge in [0.25, 0.3) is 0 Å². The Morgan fingerprint density at radius 3 is 2.71 bits per heavy atom. The van der Waals surface area contributed by atoms with E-state index in [0.29, 0.717) is 0 Å². The van der Waals surface area contributed by atoms with E-state index in [1.54, 1.807) is 11.3 Å². The van der Waals surface area contributed by atoms with Crippen molar-refractivity contribution in [2.45, 2.75) is 39.4 Å². The van der Waals surface area contributed by atoms with Crippen LogP contribution in [0.4, 0.5) is 5.13 Å². The number of aromatic nitrogens is 1. The average Bonchev–Trinajstić information content (AvgIpc) is 2.70. The van der Waals surface area contributed by atoms with Crippen molar-refractivity contribution in [3.05, 3.63) is 11.1 Å². The van der Waals surface area contributed by atoms with Crippen LogP contribution in [0.1, 0.15) is 32.9 Å². The molecule has 2 rings (SSSR count). The fraction of sp³-hybridized carbons (Fsp3) is 0.750. The van der Waals surface area contributed by atoms with Crippen LogP contribution in [0.5, 0.6) is 0 Å². The average molecular weight is 256 g/mol. The summed E-state index contributed by atoms with van der Waals surface area (Å²) in [5.74, 6) is 0. The first-order valence-electron chi connectivity index (χ1n) is 5.88. The lowest BCUT2D eigenvalue weighted by atomic mass is 9.71. The van der Waals surface area contributed by atoms with Crippen molar-refractivity contribution < 1.29 is 10.2 Å². The predicted molar refractivity (Wildman–Crippen MR) is 69.3 cm³/mol. The minimum atomic E-state index is -0.624. The summed E-state index contributed by atoms with van der Waals surface area (Å²) in [7, 11) is 0. The number of hydrogen-bond donors (Lipinski definition) is 2. The van der Waals surface area contributed by atoms with Gasteiger partial charge >= 0.3 is 0 Å². The minimum absolute atomic E-state index is 0.00848. The number of thiazole rings is 1. The number of hydrogen-bond acceptors (Lipinski definition) is 5. The Balaban J connectivity index is 2.15. The first kappa shape index (κ1) is 12.8. The Morgan fingerprint density at radius 2 is 2.18 bits per heavy atom. The molecule has 0 bridgehead atoms. The Morgan fingerprint density at radius 1 is 1.47 bits per heavy atom. The number of nitrogens with zero attached hydrogens (tertiary/aromatic N) is 2. The maximum Gasteiger partial charge on any atom is 0.185 e. The summed E-state index contributed by atoms with van der Waals surface area (Å²) in [4.78, 5) is 6.57. The topological polar surface area (TPSA) is 56.6 Å². The monoisotopic (exact) mass is 256 g/mol. The van der Waals surface area contributed by atoms with Gasteiger partial charge in [0.1, 0.15) is 0 Å². The number of aliphatic hydroxyl groups is 2. The molecule has 4 nitrogen and oxygen atoms in total. The van der Waals surface area contributed by atoms with Gasteiger partial charge in [-0.3, -0.25) is 0 Å². The first-order valence-corrected chi connectivity index (χ1v) is 6.76. The van der Waals surface area contributed by atoms with Gasteiger partial charge in [0.2, 0.25) is 0 Å². The van der Waals surface area contributed by atoms with E-state index in [2.05, 4.69) is 23.7 Å². The van der Waals surface area contributed by atoms with Crippen molar-refractivity contribution in [1.29, 1.82) is 0 Å². The van der Waals surface area contributed by atoms with Crippen LogP contribution >= 0.6 is 11.3 Å². The van der Waals surface area contributed by atoms with Gasteiger partial charge in [0.05, 0.1) is 17.9 Å². The van der Waals surface area contributed by atoms with Gasteiger partial charge in [0, 0.05) is 23.9 Å². The van der Waals surface area contributed by atoms with Gasteiger partial charge < -0.3 is 15.1 Å². The number of piperidine rings is 1. The van der Waals surface area contributed by atoms with Crippen molar-refractivity contribution >= 4 is 16.5 Å². The Labute approximate surface area is 106 Å². The van der Waals surface area contributed by atoms with Gasteiger partial charge in [-0.05, 0) is 13.3 Å². The van der Waals surface area contributed by atoms with E-state index in [1.807, 2.05) is 12.3 Å². The molecule has 1 aromatic rings. The fourth-order valence-corrected chi connectivity index (χ4v) is 2.94. The molecule has 0 unspecified atom stereocenters. The van der Waals surface area contributed by atoms with Crippen molar-refractivity contribution in [3.63, 3.8) is 0 Å². The molecule has 1 aromatic heterocycles. The lowest BCUT2D eigenvalue weighted by Gasteiger charge is -2.48. The van der Waals surface area contributed by atoms with Crippen molar-refractivity contribution in [1.82, 2.24) is 4.98 Å². The zero-order valence-electron chi connectivity index (χ0n) is 10.6. The molecule has 0 saturated carbocycles. The SMILES string of the molecule is CC1(C)CN(c2nc(CO)cs2)CC[C@]1(C)O. The number of rotatable bonds is 2. The van der Waals surface area contributed by atoms with Crippen molar-refractivity contribution in [2.24, 2.45) is 5.41 Å². The standard InChI is InChI=1S/C12H20N2O2S/c1-11(2)8-14(5-4-12(11,3)16)10-13-9(6-15)7-17-10/h7,15-16H,4-6,8H2,1-3H3/t12-/m0/s1. The van der Waals surface area contributed by atoms with E-state index in [-0.39, 0.29) is 12.0 Å². The van der Waals surface area contributed by atoms with Crippen molar-refractivity contribution in [2.75, 3.05) is 18.0 Å². The summed E-state index contributed by atoms with van der Waals surface area (Å²) in [6.45, 7) is 7.67. The molecular formula is C12H20N2O2S. The van der Waals surface area contributed by atoms with Gasteiger partial charge in [-0.25, -0.2) is 4.98 Å². The quantitative estimate of drug-likeness (QED) is 0.844. The van der Waals surface area contributed by atoms with Crippen LogP contribution in [0.15, 0.2) is 5.38 Å². The second-order valence-corrected chi connectivity index (χ2v) is 6.45. The van der Waals surface area contributed by atoms with Crippen LogP contribution in [0, 0.1) is 5.41 Å². The maximum absolute atomic E-state index is 10.3. The second kappa shape index (κ2) is 4.23. The van der Waals surface area contributed by atoms with E-state index in [0.717, 1.165) is 30.3 Å². The normalized spacial score (nSPS) is 28.4. The Kier molecular flexibility index (Phi) is 3.18. The van der Waals surface area contributed by atoms with Gasteiger partial charge in [-0.2, -0.15) is 0 Å². The molecule has 0 aromatic carbocycles. The molecule has 0 aliphatic carbocycles. The van der Waals surface area contributed by atoms with Gasteiger partial charge in [-0.1, -0.05) is 13.8 Å². The zero-order chi connectivity index (χ0) is 12.7. The molecule has 1 aliphatic heterocycles. The molecule has 1 saturated heterocycles. The Bertz CT molecular complexity index is 401. The largest absolute Gasteiger partial charge is 0.390 e. The third kappa shape index (κ3) is 2.32. The van der Waals surface area contributed by atoms with Crippen LogP contribution in [0.3, 0.4) is 0 Å². The minimum Gasteiger partial charge on any atom is -0.390 e. The molecule has 96 valence electrons. The highest BCUT2D eigenvalue weighted by Crippen LogP contribution is 2.40.